The van der Waals surface area contributed by atoms with Gasteiger partial charge in [0, 0.05) is 23.6 Å². The average Bonchev–Trinajstić information content (AvgIpc) is 3.42. The van der Waals surface area contributed by atoms with Crippen LogP contribution in [0.25, 0.3) is 0 Å². The van der Waals surface area contributed by atoms with Crippen molar-refractivity contribution in [3.8, 4) is 11.5 Å². The van der Waals surface area contributed by atoms with E-state index in [4.69, 9.17) is 9.98 Å². The van der Waals surface area contributed by atoms with E-state index in [0.29, 0.717) is 11.8 Å². The molecule has 7 rings (SSSR count). The van der Waals surface area contributed by atoms with Crippen LogP contribution in [0.1, 0.15) is 112 Å². The second kappa shape index (κ2) is 8.09. The molecule has 0 heterocycles. The zero-order valence-corrected chi connectivity index (χ0v) is 24.5. The Labute approximate surface area is 237 Å². The lowest BCUT2D eigenvalue weighted by atomic mass is 9.69. The number of nitrogens with zero attached hydrogens (tertiary/aromatic N) is 2. The van der Waals surface area contributed by atoms with Crippen LogP contribution in [-0.4, -0.2) is 22.6 Å². The first-order chi connectivity index (χ1) is 18.9. The lowest BCUT2D eigenvalue weighted by molar-refractivity contribution is 0.230. The topological polar surface area (TPSA) is 65.2 Å². The molecule has 206 valence electrons. The second-order valence-electron chi connectivity index (χ2n) is 14.3. The molecular weight excluding hydrogens is 492 g/mol. The summed E-state index contributed by atoms with van der Waals surface area (Å²) in [6, 6.07) is 16.0. The normalized spacial score (nSPS) is 30.4. The number of para-hydroxylation sites is 2. The maximum absolute atomic E-state index is 10.9. The number of fused-ring (bicyclic) bond motifs is 10. The van der Waals surface area contributed by atoms with Crippen LogP contribution in [0.4, 0.5) is 11.4 Å². The fourth-order valence-electron chi connectivity index (χ4n) is 9.00. The van der Waals surface area contributed by atoms with Crippen LogP contribution < -0.4 is 0 Å². The van der Waals surface area contributed by atoms with E-state index in [1.54, 1.807) is 12.4 Å². The smallest absolute Gasteiger partial charge is 0.124 e. The quantitative estimate of drug-likeness (QED) is 0.329. The highest BCUT2D eigenvalue weighted by atomic mass is 16.3. The summed E-state index contributed by atoms with van der Waals surface area (Å²) in [5.41, 5.74) is 8.85. The average molecular weight is 533 g/mol. The van der Waals surface area contributed by atoms with Gasteiger partial charge >= 0.3 is 0 Å². The van der Waals surface area contributed by atoms with Gasteiger partial charge in [-0.1, -0.05) is 53.7 Å². The van der Waals surface area contributed by atoms with E-state index in [2.05, 4.69) is 53.7 Å². The number of aliphatic imine (C=N–C) groups is 2. The summed E-state index contributed by atoms with van der Waals surface area (Å²) < 4.78 is 0. The molecule has 4 nitrogen and oxygen atoms in total. The fourth-order valence-corrected chi connectivity index (χ4v) is 9.00. The molecule has 2 N–H and O–H groups in total. The molecular formula is C36H40N2O2. The first-order valence-corrected chi connectivity index (χ1v) is 14.8. The molecule has 4 heteroatoms. The molecule has 0 spiro atoms. The predicted molar refractivity (Wildman–Crippen MR) is 163 cm³/mol. The van der Waals surface area contributed by atoms with Crippen molar-refractivity contribution in [2.45, 2.75) is 89.9 Å². The summed E-state index contributed by atoms with van der Waals surface area (Å²) in [7, 11) is 0. The SMILES string of the molecule is CC12CCC(c3cc(C=Nc4ccccc4N=Cc4cc5c(cc4O)C4(C)CCC5C4(C)C)c(O)cc31)C2(C)C. The minimum Gasteiger partial charge on any atom is -0.507 e. The molecule has 0 amide bonds. The van der Waals surface area contributed by atoms with E-state index < -0.39 is 0 Å². The van der Waals surface area contributed by atoms with E-state index in [1.165, 1.54) is 47.9 Å². The van der Waals surface area contributed by atoms with Crippen molar-refractivity contribution in [2.75, 3.05) is 0 Å². The number of rotatable bonds is 4. The standard InChI is InChI=1S/C36H40N2O2/c1-33(2)25-11-13-35(33,5)27-17-31(39)21(15-23(25)27)19-37-29-9-7-8-10-30(29)38-20-22-16-24-26-12-14-36(6,34(26,3)4)28(24)18-32(22)40/h7-10,15-20,25-26,39-40H,11-14H2,1-6H3. The van der Waals surface area contributed by atoms with Gasteiger partial charge in [0.05, 0.1) is 11.4 Å². The summed E-state index contributed by atoms with van der Waals surface area (Å²) in [5.74, 6) is 1.59. The molecule has 4 aliphatic rings. The van der Waals surface area contributed by atoms with Crippen LogP contribution in [-0.2, 0) is 10.8 Å². The summed E-state index contributed by atoms with van der Waals surface area (Å²) in [6.07, 6.45) is 8.26. The van der Waals surface area contributed by atoms with Crippen LogP contribution in [0.2, 0.25) is 0 Å². The van der Waals surface area contributed by atoms with E-state index in [9.17, 15) is 10.2 Å². The highest BCUT2D eigenvalue weighted by molar-refractivity contribution is 5.90. The van der Waals surface area contributed by atoms with Crippen LogP contribution in [0.5, 0.6) is 11.5 Å². The van der Waals surface area contributed by atoms with E-state index in [-0.39, 0.29) is 33.2 Å². The number of hydrogen-bond acceptors (Lipinski definition) is 4. The first-order valence-electron chi connectivity index (χ1n) is 14.8. The Bertz CT molecular complexity index is 1510. The Morgan fingerprint density at radius 3 is 1.45 bits per heavy atom. The van der Waals surface area contributed by atoms with E-state index in [1.807, 2.05) is 36.4 Å². The van der Waals surface area contributed by atoms with Crippen LogP contribution in [0.3, 0.4) is 0 Å². The Morgan fingerprint density at radius 1 is 0.650 bits per heavy atom. The Balaban J connectivity index is 1.19. The van der Waals surface area contributed by atoms with Gasteiger partial charge < -0.3 is 10.2 Å². The molecule has 0 aliphatic heterocycles. The summed E-state index contributed by atoms with van der Waals surface area (Å²) >= 11 is 0. The van der Waals surface area contributed by atoms with Gasteiger partial charge in [-0.25, -0.2) is 0 Å². The molecule has 4 aliphatic carbocycles. The summed E-state index contributed by atoms with van der Waals surface area (Å²) in [4.78, 5) is 9.54. The first kappa shape index (κ1) is 25.6. The fraction of sp³-hybridized carbons (Fsp3) is 0.444. The van der Waals surface area contributed by atoms with E-state index in [0.717, 1.165) is 22.5 Å². The molecule has 0 saturated heterocycles. The maximum atomic E-state index is 10.9. The third-order valence-corrected chi connectivity index (χ3v) is 12.4. The van der Waals surface area contributed by atoms with Crippen molar-refractivity contribution in [2.24, 2.45) is 20.8 Å². The van der Waals surface area contributed by atoms with Gasteiger partial charge in [0.1, 0.15) is 11.5 Å². The monoisotopic (exact) mass is 532 g/mol. The van der Waals surface area contributed by atoms with E-state index >= 15 is 0 Å². The van der Waals surface area contributed by atoms with Gasteiger partial charge in [0.15, 0.2) is 0 Å². The molecule has 2 fully saturated rings. The van der Waals surface area contributed by atoms with Crippen molar-refractivity contribution in [3.05, 3.63) is 81.9 Å². The number of aromatic hydroxyl groups is 2. The summed E-state index contributed by atoms with van der Waals surface area (Å²) in [5, 5.41) is 21.9. The van der Waals surface area contributed by atoms with Crippen LogP contribution in [0, 0.1) is 10.8 Å². The van der Waals surface area contributed by atoms with Crippen molar-refractivity contribution >= 4 is 23.8 Å². The third kappa shape index (κ3) is 3.14. The highest BCUT2D eigenvalue weighted by Crippen LogP contribution is 2.69. The second-order valence-corrected chi connectivity index (χ2v) is 14.3. The Kier molecular flexibility index (Phi) is 5.17. The third-order valence-electron chi connectivity index (χ3n) is 12.4. The highest BCUT2D eigenvalue weighted by Gasteiger charge is 2.60. The molecule has 3 aromatic carbocycles. The largest absolute Gasteiger partial charge is 0.507 e. The van der Waals surface area contributed by atoms with Crippen LogP contribution in [0.15, 0.2) is 58.5 Å². The lowest BCUT2D eigenvalue weighted by Crippen LogP contribution is -2.31. The zero-order chi connectivity index (χ0) is 28.2. The van der Waals surface area contributed by atoms with Gasteiger partial charge in [-0.15, -0.1) is 0 Å². The molecule has 4 unspecified atom stereocenters. The number of benzene rings is 3. The molecule has 0 aromatic heterocycles. The van der Waals surface area contributed by atoms with Gasteiger partial charge in [0.25, 0.3) is 0 Å². The molecule has 2 saturated carbocycles. The number of hydrogen-bond donors (Lipinski definition) is 2. The van der Waals surface area contributed by atoms with Crippen molar-refractivity contribution < 1.29 is 10.2 Å². The lowest BCUT2D eigenvalue weighted by Gasteiger charge is -2.35. The Hall–Kier alpha value is -3.40. The molecule has 4 atom stereocenters. The summed E-state index contributed by atoms with van der Waals surface area (Å²) in [6.45, 7) is 14.2. The number of phenols is 2. The maximum Gasteiger partial charge on any atom is 0.124 e. The van der Waals surface area contributed by atoms with Crippen molar-refractivity contribution in [1.29, 1.82) is 0 Å². The number of phenolic OH excluding ortho intramolecular Hbond substituents is 2. The molecule has 3 aromatic rings. The van der Waals surface area contributed by atoms with Gasteiger partial charge in [-0.3, -0.25) is 9.98 Å². The van der Waals surface area contributed by atoms with Crippen molar-refractivity contribution in [3.63, 3.8) is 0 Å². The minimum atomic E-state index is 0.109. The van der Waals surface area contributed by atoms with Crippen LogP contribution >= 0.6 is 0 Å². The molecule has 4 bridgehead atoms. The van der Waals surface area contributed by atoms with Gasteiger partial charge in [0.2, 0.25) is 0 Å². The Morgan fingerprint density at radius 2 is 1.05 bits per heavy atom. The van der Waals surface area contributed by atoms with Gasteiger partial charge in [-0.2, -0.15) is 0 Å². The van der Waals surface area contributed by atoms with Gasteiger partial charge in [-0.05, 0) is 118 Å². The van der Waals surface area contributed by atoms with Crippen molar-refractivity contribution in [1.82, 2.24) is 0 Å². The predicted octanol–water partition coefficient (Wildman–Crippen LogP) is 8.95. The molecule has 40 heavy (non-hydrogen) atoms. The molecule has 0 radical (unpaired) electrons. The minimum absolute atomic E-state index is 0.109. The zero-order valence-electron chi connectivity index (χ0n) is 24.5.